The molecular formula is C19H18N2O2. The molecule has 3 rings (SSSR count). The minimum atomic E-state index is -0.539. The van der Waals surface area contributed by atoms with Crippen LogP contribution in [0.25, 0.3) is 10.9 Å². The Kier molecular flexibility index (Phi) is 4.24. The van der Waals surface area contributed by atoms with Crippen LogP contribution in [0.1, 0.15) is 16.1 Å². The minimum absolute atomic E-state index is 0.239. The van der Waals surface area contributed by atoms with Crippen molar-refractivity contribution in [3.05, 3.63) is 71.9 Å². The largest absolute Gasteiger partial charge is 0.341 e. The maximum Gasteiger partial charge on any atom is 0.268 e. The highest BCUT2D eigenvalue weighted by Gasteiger charge is 2.17. The molecule has 116 valence electrons. The second-order valence-electron chi connectivity index (χ2n) is 5.55. The van der Waals surface area contributed by atoms with Crippen molar-refractivity contribution in [3.63, 3.8) is 0 Å². The molecule has 1 heterocycles. The summed E-state index contributed by atoms with van der Waals surface area (Å²) < 4.78 is 1.84. The van der Waals surface area contributed by atoms with Crippen LogP contribution in [0.5, 0.6) is 0 Å². The van der Waals surface area contributed by atoms with E-state index in [0.29, 0.717) is 12.1 Å². The number of carbonyl (C=O) groups is 2. The van der Waals surface area contributed by atoms with Crippen LogP contribution in [0.4, 0.5) is 0 Å². The van der Waals surface area contributed by atoms with Gasteiger partial charge in [0.2, 0.25) is 0 Å². The Balaban J connectivity index is 1.79. The van der Waals surface area contributed by atoms with Crippen LogP contribution >= 0.6 is 0 Å². The van der Waals surface area contributed by atoms with E-state index >= 15 is 0 Å². The molecule has 0 bridgehead atoms. The van der Waals surface area contributed by atoms with Gasteiger partial charge in [0.25, 0.3) is 5.91 Å². The summed E-state index contributed by atoms with van der Waals surface area (Å²) in [5.74, 6) is -0.239. The molecule has 1 amide bonds. The van der Waals surface area contributed by atoms with Gasteiger partial charge in [0, 0.05) is 18.0 Å². The Bertz CT molecular complexity index is 837. The normalized spacial score (nSPS) is 12.0. The first-order chi connectivity index (χ1) is 11.2. The molecule has 0 saturated carbocycles. The number of nitrogens with one attached hydrogen (secondary N) is 1. The molecule has 0 aliphatic rings. The van der Waals surface area contributed by atoms with E-state index in [1.807, 2.05) is 72.3 Å². The summed E-state index contributed by atoms with van der Waals surface area (Å²) in [6.07, 6.45) is 1.27. The number of aldehydes is 1. The summed E-state index contributed by atoms with van der Waals surface area (Å²) >= 11 is 0. The molecule has 4 nitrogen and oxygen atoms in total. The predicted octanol–water partition coefficient (Wildman–Crippen LogP) is 2.72. The fourth-order valence-corrected chi connectivity index (χ4v) is 2.75. The number of para-hydroxylation sites is 1. The van der Waals surface area contributed by atoms with Crippen LogP contribution < -0.4 is 5.32 Å². The van der Waals surface area contributed by atoms with Crippen molar-refractivity contribution in [3.8, 4) is 0 Å². The second-order valence-corrected chi connectivity index (χ2v) is 5.55. The lowest BCUT2D eigenvalue weighted by Gasteiger charge is -2.13. The van der Waals surface area contributed by atoms with Gasteiger partial charge >= 0.3 is 0 Å². The first kappa shape index (κ1) is 15.0. The molecule has 0 spiro atoms. The van der Waals surface area contributed by atoms with E-state index in [0.717, 1.165) is 22.8 Å². The average molecular weight is 306 g/mol. The van der Waals surface area contributed by atoms with Crippen LogP contribution in [-0.2, 0) is 18.3 Å². The monoisotopic (exact) mass is 306 g/mol. The lowest BCUT2D eigenvalue weighted by Crippen LogP contribution is -2.38. The number of amides is 1. The lowest BCUT2D eigenvalue weighted by atomic mass is 10.1. The minimum Gasteiger partial charge on any atom is -0.341 e. The van der Waals surface area contributed by atoms with Crippen LogP contribution in [0.3, 0.4) is 0 Å². The molecule has 2 aromatic carbocycles. The van der Waals surface area contributed by atoms with Gasteiger partial charge < -0.3 is 14.7 Å². The quantitative estimate of drug-likeness (QED) is 0.737. The first-order valence-electron chi connectivity index (χ1n) is 7.53. The Morgan fingerprint density at radius 1 is 1.13 bits per heavy atom. The van der Waals surface area contributed by atoms with Crippen molar-refractivity contribution >= 4 is 23.1 Å². The van der Waals surface area contributed by atoms with Crippen molar-refractivity contribution in [1.82, 2.24) is 9.88 Å². The van der Waals surface area contributed by atoms with E-state index in [2.05, 4.69) is 5.32 Å². The van der Waals surface area contributed by atoms with E-state index in [1.54, 1.807) is 0 Å². The Morgan fingerprint density at radius 3 is 2.52 bits per heavy atom. The van der Waals surface area contributed by atoms with E-state index in [1.165, 1.54) is 0 Å². The molecular weight excluding hydrogens is 288 g/mol. The number of benzene rings is 2. The van der Waals surface area contributed by atoms with Gasteiger partial charge in [-0.15, -0.1) is 0 Å². The number of aryl methyl sites for hydroxylation is 1. The van der Waals surface area contributed by atoms with Gasteiger partial charge in [-0.3, -0.25) is 4.79 Å². The van der Waals surface area contributed by atoms with E-state index in [-0.39, 0.29) is 5.91 Å². The number of hydrogen-bond donors (Lipinski definition) is 1. The smallest absolute Gasteiger partial charge is 0.268 e. The van der Waals surface area contributed by atoms with Crippen molar-refractivity contribution in [1.29, 1.82) is 0 Å². The number of nitrogens with zero attached hydrogens (tertiary/aromatic N) is 1. The summed E-state index contributed by atoms with van der Waals surface area (Å²) in [6.45, 7) is 0. The van der Waals surface area contributed by atoms with Gasteiger partial charge in [-0.1, -0.05) is 48.5 Å². The molecule has 0 radical (unpaired) electrons. The molecule has 0 aliphatic heterocycles. The highest BCUT2D eigenvalue weighted by molar-refractivity contribution is 5.99. The summed E-state index contributed by atoms with van der Waals surface area (Å²) in [5, 5.41) is 3.81. The van der Waals surface area contributed by atoms with Crippen LogP contribution in [0.2, 0.25) is 0 Å². The van der Waals surface area contributed by atoms with Gasteiger partial charge in [0.15, 0.2) is 0 Å². The van der Waals surface area contributed by atoms with Gasteiger partial charge in [0.1, 0.15) is 12.0 Å². The zero-order valence-electron chi connectivity index (χ0n) is 12.9. The number of fused-ring (bicyclic) bond motifs is 1. The molecule has 1 atom stereocenters. The third-order valence-corrected chi connectivity index (χ3v) is 3.96. The van der Waals surface area contributed by atoms with Crippen molar-refractivity contribution in [2.75, 3.05) is 0 Å². The van der Waals surface area contributed by atoms with Crippen LogP contribution in [0, 0.1) is 0 Å². The maximum atomic E-state index is 12.5. The average Bonchev–Trinajstić information content (AvgIpc) is 2.92. The molecule has 0 aliphatic carbocycles. The number of rotatable bonds is 5. The van der Waals surface area contributed by atoms with Crippen molar-refractivity contribution in [2.45, 2.75) is 12.5 Å². The molecule has 0 saturated heterocycles. The summed E-state index contributed by atoms with van der Waals surface area (Å²) in [4.78, 5) is 23.8. The molecule has 1 aromatic heterocycles. The maximum absolute atomic E-state index is 12.5. The fraction of sp³-hybridized carbons (Fsp3) is 0.158. The third-order valence-electron chi connectivity index (χ3n) is 3.96. The van der Waals surface area contributed by atoms with Gasteiger partial charge in [0.05, 0.1) is 6.04 Å². The van der Waals surface area contributed by atoms with E-state index in [9.17, 15) is 9.59 Å². The van der Waals surface area contributed by atoms with Crippen molar-refractivity contribution < 1.29 is 9.59 Å². The standard InChI is InChI=1S/C19H18N2O2/c1-21-17-10-6-5-9-15(17)12-18(21)19(23)20-16(13-22)11-14-7-3-2-4-8-14/h2-10,12-13,16H,11H2,1H3,(H,20,23). The highest BCUT2D eigenvalue weighted by Crippen LogP contribution is 2.18. The molecule has 23 heavy (non-hydrogen) atoms. The second kappa shape index (κ2) is 6.48. The van der Waals surface area contributed by atoms with Gasteiger partial charge in [-0.2, -0.15) is 0 Å². The Labute approximate surface area is 134 Å². The van der Waals surface area contributed by atoms with Crippen LogP contribution in [0.15, 0.2) is 60.7 Å². The topological polar surface area (TPSA) is 51.1 Å². The lowest BCUT2D eigenvalue weighted by molar-refractivity contribution is -0.109. The van der Waals surface area contributed by atoms with E-state index in [4.69, 9.17) is 0 Å². The number of hydrogen-bond acceptors (Lipinski definition) is 2. The zero-order chi connectivity index (χ0) is 16.2. The summed E-state index contributed by atoms with van der Waals surface area (Å²) in [5.41, 5.74) is 2.55. The molecule has 4 heteroatoms. The first-order valence-corrected chi connectivity index (χ1v) is 7.53. The summed E-state index contributed by atoms with van der Waals surface area (Å²) in [7, 11) is 1.85. The molecule has 1 unspecified atom stereocenters. The van der Waals surface area contributed by atoms with Gasteiger partial charge in [-0.05, 0) is 24.1 Å². The fourth-order valence-electron chi connectivity index (χ4n) is 2.75. The molecule has 0 fully saturated rings. The molecule has 1 N–H and O–H groups in total. The van der Waals surface area contributed by atoms with Gasteiger partial charge in [-0.25, -0.2) is 0 Å². The van der Waals surface area contributed by atoms with Crippen LogP contribution in [-0.4, -0.2) is 22.8 Å². The van der Waals surface area contributed by atoms with E-state index < -0.39 is 6.04 Å². The zero-order valence-corrected chi connectivity index (χ0v) is 12.9. The highest BCUT2D eigenvalue weighted by atomic mass is 16.2. The number of aromatic nitrogens is 1. The number of carbonyl (C=O) groups excluding carboxylic acids is 2. The summed E-state index contributed by atoms with van der Waals surface area (Å²) in [6, 6.07) is 18.8. The van der Waals surface area contributed by atoms with Crippen molar-refractivity contribution in [2.24, 2.45) is 7.05 Å². The molecule has 3 aromatic rings. The Morgan fingerprint density at radius 2 is 1.83 bits per heavy atom. The Hall–Kier alpha value is -2.88. The SMILES string of the molecule is Cn1c(C(=O)NC(C=O)Cc2ccccc2)cc2ccccc21. The third kappa shape index (κ3) is 3.16. The predicted molar refractivity (Wildman–Crippen MR) is 90.4 cm³/mol.